The van der Waals surface area contributed by atoms with E-state index in [1.54, 1.807) is 18.3 Å². The van der Waals surface area contributed by atoms with Crippen LogP contribution in [0.5, 0.6) is 0 Å². The second-order valence-corrected chi connectivity index (χ2v) is 7.34. The number of benzene rings is 1. The van der Waals surface area contributed by atoms with Gasteiger partial charge in [-0.2, -0.15) is 0 Å². The summed E-state index contributed by atoms with van der Waals surface area (Å²) in [6, 6.07) is 5.49. The van der Waals surface area contributed by atoms with Crippen LogP contribution in [0.1, 0.15) is 32.7 Å². The van der Waals surface area contributed by atoms with E-state index in [0.29, 0.717) is 22.0 Å². The van der Waals surface area contributed by atoms with Gasteiger partial charge >= 0.3 is 0 Å². The summed E-state index contributed by atoms with van der Waals surface area (Å²) < 4.78 is 2.48. The highest BCUT2D eigenvalue weighted by Crippen LogP contribution is 2.31. The summed E-state index contributed by atoms with van der Waals surface area (Å²) >= 11 is 3.31. The number of halogens is 1. The smallest absolute Gasteiger partial charge is 0.214 e. The Morgan fingerprint density at radius 3 is 2.71 bits per heavy atom. The van der Waals surface area contributed by atoms with E-state index in [2.05, 4.69) is 15.9 Å². The van der Waals surface area contributed by atoms with Gasteiger partial charge in [0.25, 0.3) is 0 Å². The second-order valence-electron chi connectivity index (χ2n) is 6.48. The van der Waals surface area contributed by atoms with Gasteiger partial charge in [-0.25, -0.2) is 0 Å². The Balaban J connectivity index is 2.06. The van der Waals surface area contributed by atoms with Crippen molar-refractivity contribution >= 4 is 44.7 Å². The van der Waals surface area contributed by atoms with E-state index in [-0.39, 0.29) is 29.7 Å². The molecule has 1 aromatic carbocycles. The summed E-state index contributed by atoms with van der Waals surface area (Å²) in [6.07, 6.45) is 4.26. The molecule has 3 rings (SSSR count). The lowest BCUT2D eigenvalue weighted by Gasteiger charge is -2.19. The van der Waals surface area contributed by atoms with E-state index in [1.807, 2.05) is 24.5 Å². The van der Waals surface area contributed by atoms with Crippen LogP contribution in [0.15, 0.2) is 33.7 Å². The first-order valence-electron chi connectivity index (χ1n) is 8.01. The highest BCUT2D eigenvalue weighted by molar-refractivity contribution is 9.10. The molecule has 0 atom stereocenters. The van der Waals surface area contributed by atoms with Gasteiger partial charge in [-0.3, -0.25) is 14.4 Å². The Morgan fingerprint density at radius 1 is 1.42 bits per heavy atom. The summed E-state index contributed by atoms with van der Waals surface area (Å²) in [5, 5.41) is 0.529. The van der Waals surface area contributed by atoms with Crippen LogP contribution in [0.4, 0.5) is 5.69 Å². The number of anilines is 1. The Hall–Kier alpha value is -1.95. The number of amides is 1. The minimum absolute atomic E-state index is 0.0616. The summed E-state index contributed by atoms with van der Waals surface area (Å²) in [7, 11) is 0. The first kappa shape index (κ1) is 16.9. The molecule has 0 spiro atoms. The van der Waals surface area contributed by atoms with Crippen molar-refractivity contribution in [2.75, 3.05) is 11.4 Å². The Bertz CT molecular complexity index is 868. The molecule has 126 valence electrons. The predicted molar refractivity (Wildman–Crippen MR) is 97.4 cm³/mol. The van der Waals surface area contributed by atoms with Crippen molar-refractivity contribution in [3.8, 4) is 0 Å². The number of hydrogen-bond acceptors (Lipinski definition) is 3. The monoisotopic (exact) mass is 390 g/mol. The van der Waals surface area contributed by atoms with Crippen molar-refractivity contribution in [3.63, 3.8) is 0 Å². The average Bonchev–Trinajstić information content (AvgIpc) is 3.40. The van der Waals surface area contributed by atoms with Gasteiger partial charge in [0.15, 0.2) is 5.78 Å². The molecule has 0 N–H and O–H groups in total. The largest absolute Gasteiger partial charge is 0.344 e. The zero-order valence-corrected chi connectivity index (χ0v) is 15.2. The summed E-state index contributed by atoms with van der Waals surface area (Å²) in [6.45, 7) is 4.14. The number of hydrogen-bond donors (Lipinski definition) is 0. The van der Waals surface area contributed by atoms with Gasteiger partial charge in [0.05, 0.1) is 16.5 Å². The van der Waals surface area contributed by atoms with E-state index < -0.39 is 0 Å². The molecule has 0 aliphatic heterocycles. The molecule has 0 radical (unpaired) electrons. The van der Waals surface area contributed by atoms with E-state index in [1.165, 1.54) is 4.90 Å². The summed E-state index contributed by atoms with van der Waals surface area (Å²) in [4.78, 5) is 37.3. The molecule has 0 bridgehead atoms. The predicted octanol–water partition coefficient (Wildman–Crippen LogP) is 3.29. The molecule has 1 fully saturated rings. The fourth-order valence-corrected chi connectivity index (χ4v) is 3.24. The number of pyridine rings is 1. The van der Waals surface area contributed by atoms with Crippen LogP contribution >= 0.6 is 15.9 Å². The van der Waals surface area contributed by atoms with Crippen LogP contribution < -0.4 is 10.3 Å². The van der Waals surface area contributed by atoms with Crippen molar-refractivity contribution in [2.45, 2.75) is 32.7 Å². The summed E-state index contributed by atoms with van der Waals surface area (Å²) in [5.74, 6) is 0.177. The lowest BCUT2D eigenvalue weighted by molar-refractivity contribution is -0.120. The Morgan fingerprint density at radius 2 is 2.12 bits per heavy atom. The maximum atomic E-state index is 12.5. The molecule has 1 aliphatic carbocycles. The van der Waals surface area contributed by atoms with Gasteiger partial charge in [0, 0.05) is 29.2 Å². The van der Waals surface area contributed by atoms with Crippen LogP contribution in [0.2, 0.25) is 0 Å². The van der Waals surface area contributed by atoms with E-state index in [9.17, 15) is 14.4 Å². The molecule has 1 heterocycles. The van der Waals surface area contributed by atoms with Crippen LogP contribution in [0, 0.1) is 5.92 Å². The number of carbonyl (C=O) groups excluding carboxylic acids is 2. The molecule has 5 nitrogen and oxygen atoms in total. The SMILES string of the molecule is CC(C)n1cc(Br)c(=O)c2cc(N(C=O)CC(=O)C3CC3)ccc21. The van der Waals surface area contributed by atoms with Crippen LogP contribution in [0.3, 0.4) is 0 Å². The highest BCUT2D eigenvalue weighted by Gasteiger charge is 2.30. The first-order chi connectivity index (χ1) is 11.4. The standard InChI is InChI=1S/C18H19BrN2O3/c1-11(2)21-8-15(19)18(24)14-7-13(5-6-16(14)21)20(10-22)9-17(23)12-3-4-12/h5-8,10-12H,3-4,9H2,1-2H3. The second kappa shape index (κ2) is 6.51. The average molecular weight is 391 g/mol. The van der Waals surface area contributed by atoms with E-state index in [0.717, 1.165) is 18.4 Å². The lowest BCUT2D eigenvalue weighted by atomic mass is 10.1. The Labute approximate surface area is 148 Å². The van der Waals surface area contributed by atoms with Crippen LogP contribution in [0.25, 0.3) is 10.9 Å². The quantitative estimate of drug-likeness (QED) is 0.711. The van der Waals surface area contributed by atoms with Crippen LogP contribution in [-0.2, 0) is 9.59 Å². The number of ketones is 1. The van der Waals surface area contributed by atoms with Gasteiger partial charge in [-0.15, -0.1) is 0 Å². The molecule has 2 aromatic rings. The van der Waals surface area contributed by atoms with Gasteiger partial charge in [-0.05, 0) is 60.8 Å². The topological polar surface area (TPSA) is 59.4 Å². The molecule has 1 saturated carbocycles. The van der Waals surface area contributed by atoms with Crippen molar-refractivity contribution in [1.82, 2.24) is 4.57 Å². The number of rotatable bonds is 6. The highest BCUT2D eigenvalue weighted by atomic mass is 79.9. The van der Waals surface area contributed by atoms with Crippen molar-refractivity contribution in [1.29, 1.82) is 0 Å². The number of nitrogens with zero attached hydrogens (tertiary/aromatic N) is 2. The van der Waals surface area contributed by atoms with Gasteiger partial charge in [0.1, 0.15) is 0 Å². The van der Waals surface area contributed by atoms with Gasteiger partial charge in [-0.1, -0.05) is 0 Å². The zero-order valence-electron chi connectivity index (χ0n) is 13.7. The van der Waals surface area contributed by atoms with E-state index >= 15 is 0 Å². The van der Waals surface area contributed by atoms with Crippen molar-refractivity contribution in [2.24, 2.45) is 5.92 Å². The number of fused-ring (bicyclic) bond motifs is 1. The lowest BCUT2D eigenvalue weighted by Crippen LogP contribution is -2.29. The molecule has 0 unspecified atom stereocenters. The fourth-order valence-electron chi connectivity index (χ4n) is 2.81. The molecule has 1 aromatic heterocycles. The van der Waals surface area contributed by atoms with Crippen molar-refractivity contribution in [3.05, 3.63) is 39.1 Å². The molecular weight excluding hydrogens is 372 g/mol. The third kappa shape index (κ3) is 3.15. The molecule has 1 aliphatic rings. The number of aromatic nitrogens is 1. The van der Waals surface area contributed by atoms with Crippen LogP contribution in [-0.4, -0.2) is 23.3 Å². The van der Waals surface area contributed by atoms with E-state index in [4.69, 9.17) is 0 Å². The molecule has 0 saturated heterocycles. The van der Waals surface area contributed by atoms with Crippen molar-refractivity contribution < 1.29 is 9.59 Å². The maximum Gasteiger partial charge on any atom is 0.214 e. The normalized spacial score (nSPS) is 14.2. The zero-order chi connectivity index (χ0) is 17.4. The molecule has 24 heavy (non-hydrogen) atoms. The number of carbonyl (C=O) groups is 2. The third-order valence-corrected chi connectivity index (χ3v) is 4.91. The Kier molecular flexibility index (Phi) is 4.58. The third-order valence-electron chi connectivity index (χ3n) is 4.35. The minimum atomic E-state index is -0.122. The fraction of sp³-hybridized carbons (Fsp3) is 0.389. The summed E-state index contributed by atoms with van der Waals surface area (Å²) in [5.41, 5.74) is 1.25. The molecular formula is C18H19BrN2O3. The number of Topliss-reactive ketones (excluding diaryl/α,β-unsaturated/α-hetero) is 1. The maximum absolute atomic E-state index is 12.5. The van der Waals surface area contributed by atoms with Gasteiger partial charge < -0.3 is 9.47 Å². The molecule has 6 heteroatoms. The first-order valence-corrected chi connectivity index (χ1v) is 8.80. The minimum Gasteiger partial charge on any atom is -0.344 e. The van der Waals surface area contributed by atoms with Gasteiger partial charge in [0.2, 0.25) is 11.8 Å². The molecule has 1 amide bonds.